The Balaban J connectivity index is 0.000000179. The number of para-hydroxylation sites is 1. The summed E-state index contributed by atoms with van der Waals surface area (Å²) in [5.41, 5.74) is 1.30. The Hall–Kier alpha value is -3.56. The van der Waals surface area contributed by atoms with Gasteiger partial charge in [-0.1, -0.05) is 12.1 Å². The lowest BCUT2D eigenvalue weighted by Crippen LogP contribution is -2.30. The molecule has 35 heavy (non-hydrogen) atoms. The molecule has 0 unspecified atom stereocenters. The fourth-order valence-corrected chi connectivity index (χ4v) is 3.99. The molecule has 0 radical (unpaired) electrons. The number of anilines is 1. The van der Waals surface area contributed by atoms with Crippen molar-refractivity contribution in [2.75, 3.05) is 25.0 Å². The van der Waals surface area contributed by atoms with Crippen molar-refractivity contribution in [2.45, 2.75) is 38.3 Å². The summed E-state index contributed by atoms with van der Waals surface area (Å²) in [7, 11) is 0. The number of hydrogen-bond donors (Lipinski definition) is 4. The second-order valence-electron chi connectivity index (χ2n) is 9.18. The third-order valence-electron chi connectivity index (χ3n) is 5.78. The van der Waals surface area contributed by atoms with Gasteiger partial charge in [0, 0.05) is 30.7 Å². The molecule has 0 bridgehead atoms. The van der Waals surface area contributed by atoms with E-state index in [4.69, 9.17) is 5.10 Å². The number of hydrogen-bond acceptors (Lipinski definition) is 7. The van der Waals surface area contributed by atoms with Crippen molar-refractivity contribution in [3.8, 4) is 17.0 Å². The van der Waals surface area contributed by atoms with Gasteiger partial charge in [-0.2, -0.15) is 5.10 Å². The van der Waals surface area contributed by atoms with Crippen molar-refractivity contribution in [3.63, 3.8) is 0 Å². The molecule has 0 saturated carbocycles. The number of aliphatic hydroxyl groups is 1. The molecule has 1 saturated heterocycles. The van der Waals surface area contributed by atoms with Gasteiger partial charge in [0.2, 0.25) is 0 Å². The predicted molar refractivity (Wildman–Crippen MR) is 135 cm³/mol. The summed E-state index contributed by atoms with van der Waals surface area (Å²) in [4.78, 5) is 8.23. The smallest absolute Gasteiger partial charge is 0.165 e. The minimum atomic E-state index is -0.771. The molecule has 4 heterocycles. The normalized spacial score (nSPS) is 14.4. The van der Waals surface area contributed by atoms with Crippen molar-refractivity contribution < 1.29 is 14.6 Å². The van der Waals surface area contributed by atoms with Crippen molar-refractivity contribution >= 4 is 16.7 Å². The zero-order chi connectivity index (χ0) is 24.8. The molecule has 1 aliphatic heterocycles. The number of piperidine rings is 1. The maximum atomic E-state index is 13.0. The number of aromatic hydroxyl groups is 1. The molecule has 1 fully saturated rings. The van der Waals surface area contributed by atoms with Crippen molar-refractivity contribution in [3.05, 3.63) is 66.9 Å². The first-order valence-electron chi connectivity index (χ1n) is 11.7. The van der Waals surface area contributed by atoms with Crippen LogP contribution in [0, 0.1) is 5.82 Å². The lowest BCUT2D eigenvalue weighted by Gasteiger charge is -2.23. The van der Waals surface area contributed by atoms with Gasteiger partial charge in [0.25, 0.3) is 0 Å². The highest BCUT2D eigenvalue weighted by Gasteiger charge is 2.21. The Bertz CT molecular complexity index is 1250. The van der Waals surface area contributed by atoms with Crippen LogP contribution in [0.4, 0.5) is 10.2 Å². The molecular weight excluding hydrogens is 447 g/mol. The van der Waals surface area contributed by atoms with E-state index >= 15 is 0 Å². The standard InChI is InChI=1S/C15H23N5O.C11H8FNO/c1-15(2,21)10-18-14-12-9-17-8-5-13(12)20(19-14)11-3-6-16-7-4-11;12-9-5-3-4-8(11(9)14)10-6-1-2-7-13-10/h5,8-9,11,16,21H,3-4,6-7,10H2,1-2H3,(H,18,19);1-7,14H. The first-order chi connectivity index (χ1) is 16.8. The zero-order valence-corrected chi connectivity index (χ0v) is 19.9. The number of phenols is 1. The van der Waals surface area contributed by atoms with Gasteiger partial charge in [-0.25, -0.2) is 4.39 Å². The van der Waals surface area contributed by atoms with Crippen LogP contribution in [0.1, 0.15) is 32.7 Å². The molecule has 1 aromatic carbocycles. The van der Waals surface area contributed by atoms with E-state index < -0.39 is 11.4 Å². The van der Waals surface area contributed by atoms with Crippen molar-refractivity contribution in [1.29, 1.82) is 0 Å². The maximum Gasteiger partial charge on any atom is 0.165 e. The van der Waals surface area contributed by atoms with E-state index in [2.05, 4.69) is 25.3 Å². The molecule has 5 rings (SSSR count). The molecular formula is C26H31FN6O2. The van der Waals surface area contributed by atoms with E-state index in [9.17, 15) is 14.6 Å². The monoisotopic (exact) mass is 478 g/mol. The third kappa shape index (κ3) is 6.12. The van der Waals surface area contributed by atoms with Crippen LogP contribution in [0.15, 0.2) is 61.1 Å². The number of nitrogens with zero attached hydrogens (tertiary/aromatic N) is 4. The van der Waals surface area contributed by atoms with Crippen LogP contribution in [0.25, 0.3) is 22.2 Å². The van der Waals surface area contributed by atoms with Gasteiger partial charge >= 0.3 is 0 Å². The SMILES string of the molecule is CC(C)(O)CNc1nn(C2CCNCC2)c2ccncc12.Oc1c(F)cccc1-c1ccccn1. The second kappa shape index (κ2) is 10.8. The molecule has 0 atom stereocenters. The molecule has 1 aliphatic rings. The Kier molecular flexibility index (Phi) is 7.57. The van der Waals surface area contributed by atoms with Crippen LogP contribution < -0.4 is 10.6 Å². The van der Waals surface area contributed by atoms with Crippen LogP contribution in [-0.4, -0.2) is 55.2 Å². The number of halogens is 1. The molecule has 0 amide bonds. The van der Waals surface area contributed by atoms with Crippen molar-refractivity contribution in [2.24, 2.45) is 0 Å². The van der Waals surface area contributed by atoms with E-state index in [0.717, 1.165) is 42.7 Å². The van der Waals surface area contributed by atoms with E-state index in [-0.39, 0.29) is 5.75 Å². The van der Waals surface area contributed by atoms with Crippen LogP contribution in [0.2, 0.25) is 0 Å². The number of fused-ring (bicyclic) bond motifs is 1. The first-order valence-corrected chi connectivity index (χ1v) is 11.7. The van der Waals surface area contributed by atoms with Crippen LogP contribution in [-0.2, 0) is 0 Å². The minimum Gasteiger partial charge on any atom is -0.504 e. The Morgan fingerprint density at radius 3 is 2.63 bits per heavy atom. The summed E-state index contributed by atoms with van der Waals surface area (Å²) in [5, 5.41) is 31.7. The summed E-state index contributed by atoms with van der Waals surface area (Å²) in [6, 6.07) is 12.1. The van der Waals surface area contributed by atoms with Gasteiger partial charge in [-0.05, 0) is 70.1 Å². The lowest BCUT2D eigenvalue weighted by molar-refractivity contribution is 0.0944. The number of phenolic OH excluding ortho intramolecular Hbond substituents is 1. The zero-order valence-electron chi connectivity index (χ0n) is 19.9. The summed E-state index contributed by atoms with van der Waals surface area (Å²) in [6.45, 7) is 6.09. The molecule has 3 aromatic heterocycles. The summed E-state index contributed by atoms with van der Waals surface area (Å²) in [6.07, 6.45) is 7.42. The highest BCUT2D eigenvalue weighted by atomic mass is 19.1. The number of rotatable bonds is 5. The Morgan fingerprint density at radius 1 is 1.11 bits per heavy atom. The quantitative estimate of drug-likeness (QED) is 0.342. The molecule has 8 nitrogen and oxygen atoms in total. The van der Waals surface area contributed by atoms with E-state index in [0.29, 0.717) is 23.8 Å². The van der Waals surface area contributed by atoms with Crippen LogP contribution >= 0.6 is 0 Å². The first kappa shape index (κ1) is 24.6. The Morgan fingerprint density at radius 2 is 1.91 bits per heavy atom. The molecule has 4 aromatic rings. The third-order valence-corrected chi connectivity index (χ3v) is 5.78. The summed E-state index contributed by atoms with van der Waals surface area (Å²) >= 11 is 0. The second-order valence-corrected chi connectivity index (χ2v) is 9.18. The Labute approximate surface area is 203 Å². The number of aromatic nitrogens is 4. The van der Waals surface area contributed by atoms with Gasteiger partial charge in [0.1, 0.15) is 0 Å². The average molecular weight is 479 g/mol. The van der Waals surface area contributed by atoms with Gasteiger partial charge < -0.3 is 20.8 Å². The van der Waals surface area contributed by atoms with Gasteiger partial charge in [0.05, 0.1) is 28.2 Å². The summed E-state index contributed by atoms with van der Waals surface area (Å²) in [5.74, 6) is -0.182. The molecule has 0 spiro atoms. The number of nitrogens with one attached hydrogen (secondary N) is 2. The summed E-state index contributed by atoms with van der Waals surface area (Å²) < 4.78 is 15.1. The highest BCUT2D eigenvalue weighted by Crippen LogP contribution is 2.30. The van der Waals surface area contributed by atoms with Crippen LogP contribution in [0.5, 0.6) is 5.75 Å². The molecule has 4 N–H and O–H groups in total. The van der Waals surface area contributed by atoms with Crippen molar-refractivity contribution in [1.82, 2.24) is 25.1 Å². The molecule has 0 aliphatic carbocycles. The van der Waals surface area contributed by atoms with E-state index in [1.54, 1.807) is 56.6 Å². The maximum absolute atomic E-state index is 13.0. The fourth-order valence-electron chi connectivity index (χ4n) is 3.99. The van der Waals surface area contributed by atoms with E-state index in [1.807, 2.05) is 12.3 Å². The fraction of sp³-hybridized carbons (Fsp3) is 0.346. The van der Waals surface area contributed by atoms with Gasteiger partial charge in [-0.15, -0.1) is 0 Å². The van der Waals surface area contributed by atoms with Gasteiger partial charge in [0.15, 0.2) is 17.4 Å². The van der Waals surface area contributed by atoms with Crippen LogP contribution in [0.3, 0.4) is 0 Å². The van der Waals surface area contributed by atoms with Gasteiger partial charge in [-0.3, -0.25) is 14.6 Å². The lowest BCUT2D eigenvalue weighted by atomic mass is 10.1. The average Bonchev–Trinajstić information content (AvgIpc) is 3.24. The molecule has 9 heteroatoms. The topological polar surface area (TPSA) is 108 Å². The number of benzene rings is 1. The largest absolute Gasteiger partial charge is 0.504 e. The number of pyridine rings is 2. The predicted octanol–water partition coefficient (Wildman–Crippen LogP) is 4.13. The highest BCUT2D eigenvalue weighted by molar-refractivity contribution is 5.89. The minimum absolute atomic E-state index is 0.355. The molecule has 184 valence electrons. The van der Waals surface area contributed by atoms with E-state index in [1.165, 1.54) is 6.07 Å².